The van der Waals surface area contributed by atoms with Crippen molar-refractivity contribution in [2.24, 2.45) is 0 Å². The van der Waals surface area contributed by atoms with Crippen molar-refractivity contribution in [2.75, 3.05) is 39.3 Å². The number of aliphatic hydroxyl groups is 1. The Kier molecular flexibility index (Phi) is 6.23. The van der Waals surface area contributed by atoms with Crippen molar-refractivity contribution in [3.05, 3.63) is 16.1 Å². The molecule has 0 radical (unpaired) electrons. The average Bonchev–Trinajstić information content (AvgIpc) is 2.82. The van der Waals surface area contributed by atoms with Crippen molar-refractivity contribution in [2.45, 2.75) is 32.7 Å². The molecule has 0 aliphatic carbocycles. The molecule has 1 N–H and O–H groups in total. The molecule has 1 fully saturated rings. The summed E-state index contributed by atoms with van der Waals surface area (Å²) in [5.74, 6) is 0. The number of hydrogen-bond donors (Lipinski definition) is 1. The molecule has 0 spiro atoms. The molecule has 0 bridgehead atoms. The van der Waals surface area contributed by atoms with Gasteiger partial charge in [0, 0.05) is 44.7 Å². The van der Waals surface area contributed by atoms with Crippen LogP contribution in [0.5, 0.6) is 0 Å². The van der Waals surface area contributed by atoms with Crippen LogP contribution in [-0.2, 0) is 6.54 Å². The third kappa shape index (κ3) is 5.18. The zero-order valence-electron chi connectivity index (χ0n) is 11.8. The standard InChI is InChI=1S/C14H25N3OS/c1-13-15-14(12-19-13)11-17-8-6-16(7-9-17)5-3-2-4-10-18/h12,18H,2-11H2,1H3. The Bertz CT molecular complexity index is 361. The number of aryl methyl sites for hydroxylation is 1. The van der Waals surface area contributed by atoms with Gasteiger partial charge in [-0.2, -0.15) is 0 Å². The normalized spacial score (nSPS) is 18.0. The fraction of sp³-hybridized carbons (Fsp3) is 0.786. The second-order valence-electron chi connectivity index (χ2n) is 5.26. The molecule has 0 saturated carbocycles. The number of aliphatic hydroxyl groups excluding tert-OH is 1. The largest absolute Gasteiger partial charge is 0.396 e. The van der Waals surface area contributed by atoms with E-state index in [9.17, 15) is 0 Å². The Morgan fingerprint density at radius 3 is 2.53 bits per heavy atom. The minimum Gasteiger partial charge on any atom is -0.396 e. The van der Waals surface area contributed by atoms with E-state index < -0.39 is 0 Å². The van der Waals surface area contributed by atoms with Gasteiger partial charge < -0.3 is 10.0 Å². The smallest absolute Gasteiger partial charge is 0.0897 e. The highest BCUT2D eigenvalue weighted by molar-refractivity contribution is 7.09. The quantitative estimate of drug-likeness (QED) is 0.774. The fourth-order valence-electron chi connectivity index (χ4n) is 2.50. The topological polar surface area (TPSA) is 39.6 Å². The molecule has 5 heteroatoms. The van der Waals surface area contributed by atoms with Crippen LogP contribution in [-0.4, -0.2) is 59.2 Å². The first kappa shape index (κ1) is 14.9. The van der Waals surface area contributed by atoms with Crippen LogP contribution in [0.4, 0.5) is 0 Å². The molecule has 1 saturated heterocycles. The summed E-state index contributed by atoms with van der Waals surface area (Å²) < 4.78 is 0. The van der Waals surface area contributed by atoms with Gasteiger partial charge in [-0.25, -0.2) is 4.98 Å². The van der Waals surface area contributed by atoms with Crippen LogP contribution in [0.25, 0.3) is 0 Å². The summed E-state index contributed by atoms with van der Waals surface area (Å²) in [6.45, 7) is 9.23. The molecule has 1 aromatic heterocycles. The molecule has 2 rings (SSSR count). The molecular weight excluding hydrogens is 258 g/mol. The van der Waals surface area contributed by atoms with E-state index >= 15 is 0 Å². The molecule has 0 amide bonds. The van der Waals surface area contributed by atoms with Gasteiger partial charge in [0.05, 0.1) is 10.7 Å². The maximum Gasteiger partial charge on any atom is 0.0897 e. The summed E-state index contributed by atoms with van der Waals surface area (Å²) in [7, 11) is 0. The lowest BCUT2D eigenvalue weighted by Gasteiger charge is -2.34. The van der Waals surface area contributed by atoms with Crippen LogP contribution in [0.3, 0.4) is 0 Å². The first-order chi connectivity index (χ1) is 9.28. The van der Waals surface area contributed by atoms with Crippen LogP contribution >= 0.6 is 11.3 Å². The molecule has 4 nitrogen and oxygen atoms in total. The van der Waals surface area contributed by atoms with Gasteiger partial charge in [0.1, 0.15) is 0 Å². The Balaban J connectivity index is 1.62. The summed E-state index contributed by atoms with van der Waals surface area (Å²) >= 11 is 1.74. The minimum absolute atomic E-state index is 0.334. The van der Waals surface area contributed by atoms with Crippen molar-refractivity contribution in [3.8, 4) is 0 Å². The van der Waals surface area contributed by atoms with Gasteiger partial charge in [0.25, 0.3) is 0 Å². The summed E-state index contributed by atoms with van der Waals surface area (Å²) in [6, 6.07) is 0. The lowest BCUT2D eigenvalue weighted by atomic mass is 10.2. The Morgan fingerprint density at radius 2 is 1.89 bits per heavy atom. The zero-order valence-corrected chi connectivity index (χ0v) is 12.7. The molecule has 0 unspecified atom stereocenters. The summed E-state index contributed by atoms with van der Waals surface area (Å²) in [6.07, 6.45) is 3.31. The van der Waals surface area contributed by atoms with Gasteiger partial charge in [0.15, 0.2) is 0 Å². The van der Waals surface area contributed by atoms with E-state index in [1.54, 1.807) is 11.3 Å². The third-order valence-electron chi connectivity index (χ3n) is 3.65. The van der Waals surface area contributed by atoms with Gasteiger partial charge in [0.2, 0.25) is 0 Å². The maximum atomic E-state index is 8.75. The lowest BCUT2D eigenvalue weighted by Crippen LogP contribution is -2.46. The zero-order chi connectivity index (χ0) is 13.5. The summed E-state index contributed by atoms with van der Waals surface area (Å²) in [5.41, 5.74) is 1.22. The van der Waals surface area contributed by atoms with Gasteiger partial charge in [-0.15, -0.1) is 11.3 Å². The van der Waals surface area contributed by atoms with E-state index in [4.69, 9.17) is 5.11 Å². The fourth-order valence-corrected chi connectivity index (χ4v) is 3.11. The van der Waals surface area contributed by atoms with E-state index in [1.807, 2.05) is 0 Å². The van der Waals surface area contributed by atoms with Gasteiger partial charge in [-0.3, -0.25) is 4.90 Å². The van der Waals surface area contributed by atoms with E-state index in [2.05, 4.69) is 27.1 Å². The molecule has 1 aliphatic rings. The number of aromatic nitrogens is 1. The molecule has 1 aliphatic heterocycles. The van der Waals surface area contributed by atoms with Crippen LogP contribution < -0.4 is 0 Å². The Hall–Kier alpha value is -0.490. The Morgan fingerprint density at radius 1 is 1.16 bits per heavy atom. The van der Waals surface area contributed by atoms with Crippen LogP contribution in [0.15, 0.2) is 5.38 Å². The second-order valence-corrected chi connectivity index (χ2v) is 6.32. The van der Waals surface area contributed by atoms with Crippen molar-refractivity contribution in [1.82, 2.24) is 14.8 Å². The van der Waals surface area contributed by atoms with E-state index in [0.717, 1.165) is 37.5 Å². The van der Waals surface area contributed by atoms with Crippen molar-refractivity contribution < 1.29 is 5.11 Å². The monoisotopic (exact) mass is 283 g/mol. The van der Waals surface area contributed by atoms with E-state index in [-0.39, 0.29) is 0 Å². The van der Waals surface area contributed by atoms with Crippen molar-refractivity contribution >= 4 is 11.3 Å². The van der Waals surface area contributed by atoms with Gasteiger partial charge in [-0.05, 0) is 32.7 Å². The number of nitrogens with zero attached hydrogens (tertiary/aromatic N) is 3. The summed E-state index contributed by atoms with van der Waals surface area (Å²) in [4.78, 5) is 9.57. The van der Waals surface area contributed by atoms with Gasteiger partial charge >= 0.3 is 0 Å². The first-order valence-electron chi connectivity index (χ1n) is 7.24. The van der Waals surface area contributed by atoms with E-state index in [1.165, 1.54) is 31.7 Å². The van der Waals surface area contributed by atoms with E-state index in [0.29, 0.717) is 6.61 Å². The van der Waals surface area contributed by atoms with Crippen molar-refractivity contribution in [3.63, 3.8) is 0 Å². The molecule has 0 aromatic carbocycles. The summed E-state index contributed by atoms with van der Waals surface area (Å²) in [5, 5.41) is 12.1. The van der Waals surface area contributed by atoms with Crippen LogP contribution in [0.1, 0.15) is 30.0 Å². The highest BCUT2D eigenvalue weighted by atomic mass is 32.1. The first-order valence-corrected chi connectivity index (χ1v) is 8.12. The Labute approximate surface area is 120 Å². The number of thiazole rings is 1. The molecule has 0 atom stereocenters. The predicted molar refractivity (Wildman–Crippen MR) is 79.5 cm³/mol. The third-order valence-corrected chi connectivity index (χ3v) is 4.47. The minimum atomic E-state index is 0.334. The lowest BCUT2D eigenvalue weighted by molar-refractivity contribution is 0.124. The molecule has 19 heavy (non-hydrogen) atoms. The second kappa shape index (κ2) is 7.94. The number of piperazine rings is 1. The molecular formula is C14H25N3OS. The number of rotatable bonds is 7. The van der Waals surface area contributed by atoms with Crippen LogP contribution in [0, 0.1) is 6.92 Å². The molecule has 108 valence electrons. The molecule has 2 heterocycles. The average molecular weight is 283 g/mol. The SMILES string of the molecule is Cc1nc(CN2CCN(CCCCCO)CC2)cs1. The number of hydrogen-bond acceptors (Lipinski definition) is 5. The maximum absolute atomic E-state index is 8.75. The predicted octanol–water partition coefficient (Wildman–Crippen LogP) is 1.73. The van der Waals surface area contributed by atoms with Gasteiger partial charge in [-0.1, -0.05) is 0 Å². The van der Waals surface area contributed by atoms with Crippen molar-refractivity contribution in [1.29, 1.82) is 0 Å². The number of unbranched alkanes of at least 4 members (excludes halogenated alkanes) is 2. The highest BCUT2D eigenvalue weighted by Crippen LogP contribution is 2.12. The molecule has 1 aromatic rings. The van der Waals surface area contributed by atoms with Crippen LogP contribution in [0.2, 0.25) is 0 Å². The highest BCUT2D eigenvalue weighted by Gasteiger charge is 2.17.